The fraction of sp³-hybridized carbons (Fsp3) is 0.632. The molecule has 1 aromatic carbocycles. The van der Waals surface area contributed by atoms with Gasteiger partial charge in [-0.3, -0.25) is 4.90 Å². The molecule has 0 saturated carbocycles. The molecule has 2 aliphatic heterocycles. The average Bonchev–Trinajstić information content (AvgIpc) is 3.04. The van der Waals surface area contributed by atoms with Crippen molar-refractivity contribution in [1.29, 1.82) is 0 Å². The lowest BCUT2D eigenvalue weighted by atomic mass is 9.89. The van der Waals surface area contributed by atoms with Gasteiger partial charge >= 0.3 is 12.1 Å². The third-order valence-electron chi connectivity index (χ3n) is 4.93. The Hall–Kier alpha value is -1.84. The van der Waals surface area contributed by atoms with Crippen molar-refractivity contribution in [3.8, 4) is 5.75 Å². The third-order valence-corrected chi connectivity index (χ3v) is 4.93. The molecule has 2 atom stereocenters. The zero-order valence-corrected chi connectivity index (χ0v) is 16.0. The predicted octanol–water partition coefficient (Wildman–Crippen LogP) is 3.10. The van der Waals surface area contributed by atoms with Crippen LogP contribution in [0.2, 0.25) is 0 Å². The van der Waals surface area contributed by atoms with E-state index in [1.54, 1.807) is 14.2 Å². The van der Waals surface area contributed by atoms with Crippen molar-refractivity contribution in [3.05, 3.63) is 29.8 Å². The van der Waals surface area contributed by atoms with Crippen LogP contribution >= 0.6 is 0 Å². The maximum Gasteiger partial charge on any atom is 0.490 e. The summed E-state index contributed by atoms with van der Waals surface area (Å²) >= 11 is 0. The molecule has 2 heterocycles. The van der Waals surface area contributed by atoms with Gasteiger partial charge in [-0.25, -0.2) is 4.79 Å². The Morgan fingerprint density at radius 3 is 2.46 bits per heavy atom. The smallest absolute Gasteiger partial charge is 0.490 e. The highest BCUT2D eigenvalue weighted by Crippen LogP contribution is 2.36. The standard InChI is InChI=1S/C17H25NO3.C2HF3O2/c1-19-15-6-4-14(5-7-15)11-18-9-3-8-17(13-18)10-16(20-2)12-21-17;3-2(4,5)1(6)7/h4-7,16H,3,8-13H2,1-2H3;(H,6,7)/t16-,17+;/m1./s1. The summed E-state index contributed by atoms with van der Waals surface area (Å²) in [4.78, 5) is 11.4. The Morgan fingerprint density at radius 2 is 1.96 bits per heavy atom. The number of hydrogen-bond donors (Lipinski definition) is 1. The summed E-state index contributed by atoms with van der Waals surface area (Å²) in [6.45, 7) is 3.88. The first-order chi connectivity index (χ1) is 13.2. The average molecular weight is 405 g/mol. The number of alkyl halides is 3. The predicted molar refractivity (Wildman–Crippen MR) is 95.3 cm³/mol. The molecule has 1 spiro atoms. The van der Waals surface area contributed by atoms with Gasteiger partial charge in [-0.15, -0.1) is 0 Å². The minimum Gasteiger partial charge on any atom is -0.497 e. The lowest BCUT2D eigenvalue weighted by Crippen LogP contribution is -2.47. The third kappa shape index (κ3) is 6.35. The molecule has 2 aliphatic rings. The normalized spacial score (nSPS) is 25.2. The Balaban J connectivity index is 0.000000345. The molecule has 28 heavy (non-hydrogen) atoms. The number of likely N-dealkylation sites (tertiary alicyclic amines) is 1. The molecule has 9 heteroatoms. The van der Waals surface area contributed by atoms with Crippen molar-refractivity contribution in [2.24, 2.45) is 0 Å². The van der Waals surface area contributed by atoms with E-state index in [4.69, 9.17) is 24.1 Å². The summed E-state index contributed by atoms with van der Waals surface area (Å²) in [5.41, 5.74) is 1.35. The topological polar surface area (TPSA) is 68.2 Å². The van der Waals surface area contributed by atoms with Gasteiger partial charge in [0.25, 0.3) is 0 Å². The van der Waals surface area contributed by atoms with Gasteiger partial charge in [0.1, 0.15) is 5.75 Å². The highest BCUT2D eigenvalue weighted by atomic mass is 19.4. The molecular weight excluding hydrogens is 379 g/mol. The van der Waals surface area contributed by atoms with E-state index in [-0.39, 0.29) is 11.7 Å². The number of rotatable bonds is 4. The van der Waals surface area contributed by atoms with Crippen LogP contribution < -0.4 is 4.74 Å². The monoisotopic (exact) mass is 405 g/mol. The largest absolute Gasteiger partial charge is 0.497 e. The number of hydrogen-bond acceptors (Lipinski definition) is 5. The first kappa shape index (κ1) is 22.4. The maximum absolute atomic E-state index is 10.6. The van der Waals surface area contributed by atoms with Gasteiger partial charge < -0.3 is 19.3 Å². The van der Waals surface area contributed by atoms with Gasteiger partial charge in [0, 0.05) is 26.6 Å². The number of carboxylic acids is 1. The van der Waals surface area contributed by atoms with E-state index >= 15 is 0 Å². The second-order valence-electron chi connectivity index (χ2n) is 7.02. The number of methoxy groups -OCH3 is 2. The van der Waals surface area contributed by atoms with E-state index in [2.05, 4.69) is 17.0 Å². The molecule has 1 aromatic rings. The molecule has 0 aromatic heterocycles. The number of nitrogens with zero attached hydrogens (tertiary/aromatic N) is 1. The summed E-state index contributed by atoms with van der Waals surface area (Å²) < 4.78 is 48.5. The molecule has 0 unspecified atom stereocenters. The molecular formula is C19H26F3NO5. The Morgan fingerprint density at radius 1 is 1.32 bits per heavy atom. The first-order valence-corrected chi connectivity index (χ1v) is 8.99. The van der Waals surface area contributed by atoms with E-state index in [1.807, 2.05) is 12.1 Å². The Kier molecular flexibility index (Phi) is 7.68. The van der Waals surface area contributed by atoms with E-state index in [1.165, 1.54) is 12.0 Å². The van der Waals surface area contributed by atoms with Crippen LogP contribution in [0.3, 0.4) is 0 Å². The van der Waals surface area contributed by atoms with Gasteiger partial charge in [0.15, 0.2) is 0 Å². The van der Waals surface area contributed by atoms with Crippen LogP contribution in [0.4, 0.5) is 13.2 Å². The van der Waals surface area contributed by atoms with Crippen LogP contribution in [-0.4, -0.2) is 67.8 Å². The first-order valence-electron chi connectivity index (χ1n) is 8.99. The second kappa shape index (κ2) is 9.58. The molecule has 2 fully saturated rings. The van der Waals surface area contributed by atoms with Crippen LogP contribution in [0, 0.1) is 0 Å². The Labute approximate surface area is 162 Å². The lowest BCUT2D eigenvalue weighted by Gasteiger charge is -2.39. The van der Waals surface area contributed by atoms with Gasteiger partial charge in [0.05, 0.1) is 25.4 Å². The van der Waals surface area contributed by atoms with Crippen molar-refractivity contribution in [2.45, 2.75) is 43.7 Å². The fourth-order valence-corrected chi connectivity index (χ4v) is 3.55. The second-order valence-corrected chi connectivity index (χ2v) is 7.02. The minimum absolute atomic E-state index is 0.0192. The highest BCUT2D eigenvalue weighted by Gasteiger charge is 2.43. The quantitative estimate of drug-likeness (QED) is 0.830. The zero-order valence-electron chi connectivity index (χ0n) is 16.0. The number of ether oxygens (including phenoxy) is 3. The molecule has 0 amide bonds. The lowest BCUT2D eigenvalue weighted by molar-refractivity contribution is -0.192. The van der Waals surface area contributed by atoms with E-state index < -0.39 is 12.1 Å². The summed E-state index contributed by atoms with van der Waals surface area (Å²) in [6, 6.07) is 8.35. The van der Waals surface area contributed by atoms with E-state index in [0.29, 0.717) is 0 Å². The SMILES string of the molecule is COc1ccc(CN2CCC[C@]3(C[C@@H](OC)CO3)C2)cc1.O=C(O)C(F)(F)F. The van der Waals surface area contributed by atoms with Crippen molar-refractivity contribution in [1.82, 2.24) is 4.90 Å². The highest BCUT2D eigenvalue weighted by molar-refractivity contribution is 5.73. The van der Waals surface area contributed by atoms with Gasteiger partial charge in [-0.1, -0.05) is 12.1 Å². The molecule has 2 saturated heterocycles. The molecule has 0 aliphatic carbocycles. The Bertz CT molecular complexity index is 637. The van der Waals surface area contributed by atoms with Crippen LogP contribution in [0.5, 0.6) is 5.75 Å². The van der Waals surface area contributed by atoms with Crippen molar-refractivity contribution >= 4 is 5.97 Å². The van der Waals surface area contributed by atoms with Crippen molar-refractivity contribution < 1.29 is 37.3 Å². The minimum atomic E-state index is -5.08. The number of carbonyl (C=O) groups is 1. The molecule has 1 N–H and O–H groups in total. The molecule has 0 bridgehead atoms. The zero-order chi connectivity index (χ0) is 20.8. The van der Waals surface area contributed by atoms with Gasteiger partial charge in [0.2, 0.25) is 0 Å². The van der Waals surface area contributed by atoms with Crippen LogP contribution in [-0.2, 0) is 20.8 Å². The van der Waals surface area contributed by atoms with Crippen LogP contribution in [0.25, 0.3) is 0 Å². The van der Waals surface area contributed by atoms with Crippen molar-refractivity contribution in [3.63, 3.8) is 0 Å². The number of piperidine rings is 1. The van der Waals surface area contributed by atoms with Gasteiger partial charge in [-0.2, -0.15) is 13.2 Å². The summed E-state index contributed by atoms with van der Waals surface area (Å²) in [7, 11) is 3.48. The van der Waals surface area contributed by atoms with E-state index in [9.17, 15) is 13.2 Å². The van der Waals surface area contributed by atoms with E-state index in [0.717, 1.165) is 44.8 Å². The number of benzene rings is 1. The number of carboxylic acid groups (broad SMARTS) is 1. The van der Waals surface area contributed by atoms with Gasteiger partial charge in [-0.05, 0) is 37.1 Å². The van der Waals surface area contributed by atoms with Crippen molar-refractivity contribution in [2.75, 3.05) is 33.9 Å². The number of aliphatic carboxylic acids is 1. The maximum atomic E-state index is 10.6. The number of halogens is 3. The fourth-order valence-electron chi connectivity index (χ4n) is 3.55. The molecule has 3 rings (SSSR count). The molecule has 6 nitrogen and oxygen atoms in total. The van der Waals surface area contributed by atoms with Crippen LogP contribution in [0.15, 0.2) is 24.3 Å². The summed E-state index contributed by atoms with van der Waals surface area (Å²) in [5, 5.41) is 7.12. The molecule has 158 valence electrons. The summed E-state index contributed by atoms with van der Waals surface area (Å²) in [6.07, 6.45) is -1.42. The van der Waals surface area contributed by atoms with Crippen LogP contribution in [0.1, 0.15) is 24.8 Å². The summed E-state index contributed by atoms with van der Waals surface area (Å²) in [5.74, 6) is -1.84. The molecule has 0 radical (unpaired) electrons.